The summed E-state index contributed by atoms with van der Waals surface area (Å²) in [6.07, 6.45) is 0.347. The van der Waals surface area contributed by atoms with E-state index in [-0.39, 0.29) is 29.2 Å². The molecule has 0 heterocycles. The zero-order chi connectivity index (χ0) is 14.2. The number of hydrogen-bond donors (Lipinski definition) is 3. The highest BCUT2D eigenvalue weighted by Crippen LogP contribution is 2.42. The number of anilines is 2. The summed E-state index contributed by atoms with van der Waals surface area (Å²) in [5.74, 6) is -0.774. The molecule has 2 atom stereocenters. The lowest BCUT2D eigenvalue weighted by Crippen LogP contribution is -2.56. The van der Waals surface area contributed by atoms with Gasteiger partial charge in [0.05, 0.1) is 11.8 Å². The predicted octanol–water partition coefficient (Wildman–Crippen LogP) is 2.36. The van der Waals surface area contributed by atoms with Crippen molar-refractivity contribution in [2.75, 3.05) is 10.6 Å². The first-order valence-corrected chi connectivity index (χ1v) is 6.32. The monoisotopic (exact) mass is 266 g/mol. The molecule has 0 radical (unpaired) electrons. The summed E-state index contributed by atoms with van der Waals surface area (Å²) < 4.78 is 13.5. The van der Waals surface area contributed by atoms with E-state index < -0.39 is 5.82 Å². The third-order valence-electron chi connectivity index (χ3n) is 3.83. The van der Waals surface area contributed by atoms with E-state index in [1.807, 2.05) is 13.8 Å². The maximum absolute atomic E-state index is 13.5. The molecule has 1 saturated carbocycles. The van der Waals surface area contributed by atoms with E-state index in [1.165, 1.54) is 13.0 Å². The first-order chi connectivity index (χ1) is 8.80. The molecule has 0 aromatic heterocycles. The fraction of sp³-hybridized carbons (Fsp3) is 0.500. The van der Waals surface area contributed by atoms with Crippen LogP contribution in [-0.4, -0.2) is 23.2 Å². The van der Waals surface area contributed by atoms with Crippen LogP contribution >= 0.6 is 0 Å². The maximum atomic E-state index is 13.5. The number of nitrogens with one attached hydrogen (secondary N) is 2. The highest BCUT2D eigenvalue weighted by molar-refractivity contribution is 5.89. The van der Waals surface area contributed by atoms with Crippen molar-refractivity contribution in [3.05, 3.63) is 24.0 Å². The van der Waals surface area contributed by atoms with Crippen LogP contribution in [0.15, 0.2) is 18.2 Å². The van der Waals surface area contributed by atoms with E-state index in [9.17, 15) is 14.3 Å². The van der Waals surface area contributed by atoms with Crippen LogP contribution in [0.3, 0.4) is 0 Å². The van der Waals surface area contributed by atoms with Crippen molar-refractivity contribution in [2.45, 2.75) is 39.3 Å². The topological polar surface area (TPSA) is 61.4 Å². The minimum atomic E-state index is -0.464. The molecule has 5 heteroatoms. The highest BCUT2D eigenvalue weighted by Gasteiger charge is 2.47. The predicted molar refractivity (Wildman–Crippen MR) is 72.5 cm³/mol. The smallest absolute Gasteiger partial charge is 0.221 e. The van der Waals surface area contributed by atoms with Gasteiger partial charge in [-0.2, -0.15) is 0 Å². The Kier molecular flexibility index (Phi) is 3.49. The Balaban J connectivity index is 2.12. The second-order valence-corrected chi connectivity index (χ2v) is 5.65. The van der Waals surface area contributed by atoms with Crippen LogP contribution < -0.4 is 10.6 Å². The Labute approximate surface area is 112 Å². The number of amides is 1. The van der Waals surface area contributed by atoms with Crippen molar-refractivity contribution in [1.29, 1.82) is 0 Å². The van der Waals surface area contributed by atoms with Gasteiger partial charge >= 0.3 is 0 Å². The van der Waals surface area contributed by atoms with Gasteiger partial charge < -0.3 is 15.7 Å². The van der Waals surface area contributed by atoms with E-state index in [2.05, 4.69) is 10.6 Å². The standard InChI is InChI=1S/C14H19FN2O2/c1-8(18)16-11-6-9(4-5-10(11)15)17-12-7-13(19)14(12,2)3/h4-6,12-13,17,19H,7H2,1-3H3,(H,16,18). The van der Waals surface area contributed by atoms with Gasteiger partial charge in [0.1, 0.15) is 5.82 Å². The van der Waals surface area contributed by atoms with Crippen molar-refractivity contribution in [3.63, 3.8) is 0 Å². The quantitative estimate of drug-likeness (QED) is 0.787. The summed E-state index contributed by atoms with van der Waals surface area (Å²) in [6, 6.07) is 4.65. The summed E-state index contributed by atoms with van der Waals surface area (Å²) in [4.78, 5) is 11.0. The number of benzene rings is 1. The Morgan fingerprint density at radius 2 is 2.16 bits per heavy atom. The summed E-state index contributed by atoms with van der Waals surface area (Å²) in [5.41, 5.74) is 0.688. The lowest BCUT2D eigenvalue weighted by atomic mass is 9.64. The Morgan fingerprint density at radius 3 is 2.68 bits per heavy atom. The molecule has 2 rings (SSSR count). The van der Waals surface area contributed by atoms with E-state index in [1.54, 1.807) is 12.1 Å². The first-order valence-electron chi connectivity index (χ1n) is 6.32. The van der Waals surface area contributed by atoms with Gasteiger partial charge in [-0.25, -0.2) is 4.39 Å². The number of aliphatic hydroxyl groups is 1. The first kappa shape index (κ1) is 13.8. The second-order valence-electron chi connectivity index (χ2n) is 5.65. The molecule has 1 aromatic carbocycles. The summed E-state index contributed by atoms with van der Waals surface area (Å²) >= 11 is 0. The Hall–Kier alpha value is -1.62. The summed E-state index contributed by atoms with van der Waals surface area (Å²) in [6.45, 7) is 5.30. The normalized spacial score (nSPS) is 24.5. The second kappa shape index (κ2) is 4.81. The number of rotatable bonds is 3. The third kappa shape index (κ3) is 2.71. The molecule has 2 unspecified atom stereocenters. The molecule has 1 aromatic rings. The molecule has 1 amide bonds. The number of hydrogen-bond acceptors (Lipinski definition) is 3. The van der Waals surface area contributed by atoms with E-state index in [0.29, 0.717) is 6.42 Å². The number of aliphatic hydroxyl groups excluding tert-OH is 1. The molecule has 0 aliphatic heterocycles. The van der Waals surface area contributed by atoms with Crippen molar-refractivity contribution in [1.82, 2.24) is 0 Å². The van der Waals surface area contributed by atoms with Crippen LogP contribution in [-0.2, 0) is 4.79 Å². The van der Waals surface area contributed by atoms with Crippen molar-refractivity contribution >= 4 is 17.3 Å². The van der Waals surface area contributed by atoms with Gasteiger partial charge in [0.15, 0.2) is 0 Å². The van der Waals surface area contributed by atoms with Crippen LogP contribution in [0.2, 0.25) is 0 Å². The van der Waals surface area contributed by atoms with Crippen molar-refractivity contribution < 1.29 is 14.3 Å². The van der Waals surface area contributed by atoms with Crippen LogP contribution in [0.25, 0.3) is 0 Å². The molecule has 1 aliphatic rings. The van der Waals surface area contributed by atoms with Crippen LogP contribution in [0, 0.1) is 11.2 Å². The number of halogens is 1. The molecule has 1 fully saturated rings. The summed E-state index contributed by atoms with van der Waals surface area (Å²) in [7, 11) is 0. The Morgan fingerprint density at radius 1 is 1.47 bits per heavy atom. The molecule has 104 valence electrons. The van der Waals surface area contributed by atoms with Gasteiger partial charge in [-0.05, 0) is 24.6 Å². The average molecular weight is 266 g/mol. The Bertz CT molecular complexity index is 502. The van der Waals surface area contributed by atoms with E-state index >= 15 is 0 Å². The minimum Gasteiger partial charge on any atom is -0.392 e. The van der Waals surface area contributed by atoms with Crippen LogP contribution in [0.1, 0.15) is 27.2 Å². The zero-order valence-electron chi connectivity index (χ0n) is 11.3. The minimum absolute atomic E-state index is 0.137. The molecule has 0 bridgehead atoms. The molecule has 0 saturated heterocycles. The maximum Gasteiger partial charge on any atom is 0.221 e. The van der Waals surface area contributed by atoms with E-state index in [4.69, 9.17) is 0 Å². The highest BCUT2D eigenvalue weighted by atomic mass is 19.1. The molecular formula is C14H19FN2O2. The van der Waals surface area contributed by atoms with Crippen LogP contribution in [0.4, 0.5) is 15.8 Å². The van der Waals surface area contributed by atoms with Crippen LogP contribution in [0.5, 0.6) is 0 Å². The molecule has 0 spiro atoms. The fourth-order valence-corrected chi connectivity index (χ4v) is 2.25. The lowest BCUT2D eigenvalue weighted by Gasteiger charge is -2.49. The largest absolute Gasteiger partial charge is 0.392 e. The van der Waals surface area contributed by atoms with Gasteiger partial charge in [0.25, 0.3) is 0 Å². The third-order valence-corrected chi connectivity index (χ3v) is 3.83. The average Bonchev–Trinajstić information content (AvgIpc) is 2.32. The van der Waals surface area contributed by atoms with Gasteiger partial charge in [0.2, 0.25) is 5.91 Å². The van der Waals surface area contributed by atoms with Crippen molar-refractivity contribution in [2.24, 2.45) is 5.41 Å². The van der Waals surface area contributed by atoms with Crippen molar-refractivity contribution in [3.8, 4) is 0 Å². The molecule has 4 nitrogen and oxygen atoms in total. The number of carbonyl (C=O) groups excluding carboxylic acids is 1. The SMILES string of the molecule is CC(=O)Nc1cc(NC2CC(O)C2(C)C)ccc1F. The summed E-state index contributed by atoms with van der Waals surface area (Å²) in [5, 5.41) is 15.4. The fourth-order valence-electron chi connectivity index (χ4n) is 2.25. The van der Waals surface area contributed by atoms with Gasteiger partial charge in [-0.3, -0.25) is 4.79 Å². The van der Waals surface area contributed by atoms with Gasteiger partial charge in [-0.15, -0.1) is 0 Å². The number of carbonyl (C=O) groups is 1. The zero-order valence-corrected chi connectivity index (χ0v) is 11.3. The lowest BCUT2D eigenvalue weighted by molar-refractivity contribution is -0.114. The van der Waals surface area contributed by atoms with Gasteiger partial charge in [0, 0.05) is 24.1 Å². The molecule has 19 heavy (non-hydrogen) atoms. The molecule has 1 aliphatic carbocycles. The molecular weight excluding hydrogens is 247 g/mol. The van der Waals surface area contributed by atoms with E-state index in [0.717, 1.165) is 5.69 Å². The van der Waals surface area contributed by atoms with Gasteiger partial charge in [-0.1, -0.05) is 13.8 Å². The molecule has 3 N–H and O–H groups in total.